The molecular formula is C15H20O2. The van der Waals surface area contributed by atoms with Crippen LogP contribution in [-0.2, 0) is 9.47 Å². The summed E-state index contributed by atoms with van der Waals surface area (Å²) < 4.78 is 10.0. The fraction of sp³-hybridized carbons (Fsp3) is 0.200. The molecule has 17 heavy (non-hydrogen) atoms. The maximum Gasteiger partial charge on any atom is 0.111 e. The van der Waals surface area contributed by atoms with E-state index in [1.54, 1.807) is 25.5 Å². The third-order valence-corrected chi connectivity index (χ3v) is 1.78. The van der Waals surface area contributed by atoms with E-state index in [9.17, 15) is 0 Å². The molecule has 0 aromatic rings. The highest BCUT2D eigenvalue weighted by molar-refractivity contribution is 5.34. The van der Waals surface area contributed by atoms with Gasteiger partial charge in [-0.25, -0.2) is 0 Å². The lowest BCUT2D eigenvalue weighted by Crippen LogP contribution is -1.78. The van der Waals surface area contributed by atoms with E-state index in [4.69, 9.17) is 9.47 Å². The summed E-state index contributed by atoms with van der Waals surface area (Å²) in [6, 6.07) is 0. The molecule has 0 spiro atoms. The molecule has 0 N–H and O–H groups in total. The van der Waals surface area contributed by atoms with Crippen molar-refractivity contribution in [3.63, 3.8) is 0 Å². The predicted molar refractivity (Wildman–Crippen MR) is 73.5 cm³/mol. The van der Waals surface area contributed by atoms with Crippen molar-refractivity contribution in [2.75, 3.05) is 13.7 Å². The van der Waals surface area contributed by atoms with Gasteiger partial charge in [0.1, 0.15) is 5.76 Å². The Kier molecular flexibility index (Phi) is 9.34. The zero-order chi connectivity index (χ0) is 12.9. The van der Waals surface area contributed by atoms with Gasteiger partial charge in [0.25, 0.3) is 0 Å². The van der Waals surface area contributed by atoms with E-state index >= 15 is 0 Å². The van der Waals surface area contributed by atoms with E-state index in [2.05, 4.69) is 13.2 Å². The lowest BCUT2D eigenvalue weighted by molar-refractivity contribution is 0.269. The van der Waals surface area contributed by atoms with Gasteiger partial charge in [0.2, 0.25) is 0 Å². The summed E-state index contributed by atoms with van der Waals surface area (Å²) in [5, 5.41) is 0. The molecule has 0 rings (SSSR count). The van der Waals surface area contributed by atoms with E-state index < -0.39 is 0 Å². The van der Waals surface area contributed by atoms with Crippen LogP contribution in [0.4, 0.5) is 0 Å². The highest BCUT2D eigenvalue weighted by atomic mass is 16.5. The summed E-state index contributed by atoms with van der Waals surface area (Å²) in [5.41, 5.74) is 1.00. The van der Waals surface area contributed by atoms with E-state index in [0.717, 1.165) is 5.57 Å². The quantitative estimate of drug-likeness (QED) is 0.466. The lowest BCUT2D eigenvalue weighted by atomic mass is 10.2. The van der Waals surface area contributed by atoms with Gasteiger partial charge in [-0.15, -0.1) is 0 Å². The molecule has 0 atom stereocenters. The number of hydrogen-bond donors (Lipinski definition) is 0. The Hall–Kier alpha value is -1.96. The zero-order valence-electron chi connectivity index (χ0n) is 10.6. The van der Waals surface area contributed by atoms with Crippen molar-refractivity contribution in [1.82, 2.24) is 0 Å². The molecule has 0 saturated carbocycles. The van der Waals surface area contributed by atoms with Gasteiger partial charge in [-0.1, -0.05) is 43.5 Å². The third-order valence-electron chi connectivity index (χ3n) is 1.78. The summed E-state index contributed by atoms with van der Waals surface area (Å²) in [4.78, 5) is 0. The van der Waals surface area contributed by atoms with Crippen molar-refractivity contribution in [3.05, 3.63) is 73.3 Å². The standard InChI is InChI=1S/C15H20O2/c1-5-9-15(12-13-17-6-2)11-8-7-10-14(3)16-4/h5,7-13H,1,3,6H2,2,4H3/b10-7-,11-8+,13-12+,15-9-. The molecule has 0 saturated heterocycles. The Morgan fingerprint density at radius 1 is 1.18 bits per heavy atom. The monoisotopic (exact) mass is 232 g/mol. The van der Waals surface area contributed by atoms with Crippen molar-refractivity contribution in [1.29, 1.82) is 0 Å². The highest BCUT2D eigenvalue weighted by Gasteiger charge is 1.83. The largest absolute Gasteiger partial charge is 0.501 e. The third kappa shape index (κ3) is 9.00. The van der Waals surface area contributed by atoms with Crippen molar-refractivity contribution < 1.29 is 9.47 Å². The SMILES string of the molecule is C=C/C=C(/C=C/C=C\C(=C)OC)\C=C\OCC. The molecule has 0 unspecified atom stereocenters. The maximum absolute atomic E-state index is 5.13. The molecule has 92 valence electrons. The number of methoxy groups -OCH3 is 1. The summed E-state index contributed by atoms with van der Waals surface area (Å²) in [5.74, 6) is 0.619. The van der Waals surface area contributed by atoms with E-state index in [0.29, 0.717) is 12.4 Å². The van der Waals surface area contributed by atoms with Crippen molar-refractivity contribution in [3.8, 4) is 0 Å². The van der Waals surface area contributed by atoms with Gasteiger partial charge in [-0.05, 0) is 24.6 Å². The molecule has 0 aliphatic heterocycles. The average molecular weight is 232 g/mol. The van der Waals surface area contributed by atoms with Gasteiger partial charge in [0.05, 0.1) is 20.0 Å². The molecule has 0 radical (unpaired) electrons. The Morgan fingerprint density at radius 3 is 2.47 bits per heavy atom. The number of rotatable bonds is 8. The van der Waals surface area contributed by atoms with Crippen LogP contribution in [0.1, 0.15) is 6.92 Å². The van der Waals surface area contributed by atoms with Crippen molar-refractivity contribution >= 4 is 0 Å². The second-order valence-electron chi connectivity index (χ2n) is 3.05. The Balaban J connectivity index is 4.40. The first kappa shape index (κ1) is 15.0. The van der Waals surface area contributed by atoms with Gasteiger partial charge >= 0.3 is 0 Å². The molecule has 0 aliphatic rings. The van der Waals surface area contributed by atoms with E-state index in [1.165, 1.54) is 0 Å². The van der Waals surface area contributed by atoms with Gasteiger partial charge in [0.15, 0.2) is 0 Å². The highest BCUT2D eigenvalue weighted by Crippen LogP contribution is 2.01. The van der Waals surface area contributed by atoms with Crippen LogP contribution < -0.4 is 0 Å². The first-order chi connectivity index (χ1) is 8.24. The molecular weight excluding hydrogens is 212 g/mol. The summed E-state index contributed by atoms with van der Waals surface area (Å²) in [6.45, 7) is 9.94. The van der Waals surface area contributed by atoms with Crippen LogP contribution >= 0.6 is 0 Å². The van der Waals surface area contributed by atoms with Crippen LogP contribution in [0.25, 0.3) is 0 Å². The zero-order valence-corrected chi connectivity index (χ0v) is 10.6. The molecule has 2 heteroatoms. The topological polar surface area (TPSA) is 18.5 Å². The summed E-state index contributed by atoms with van der Waals surface area (Å²) in [7, 11) is 1.59. The first-order valence-electron chi connectivity index (χ1n) is 5.43. The summed E-state index contributed by atoms with van der Waals surface area (Å²) >= 11 is 0. The fourth-order valence-electron chi connectivity index (χ4n) is 0.923. The van der Waals surface area contributed by atoms with E-state index in [1.807, 2.05) is 37.3 Å². The molecule has 0 fully saturated rings. The second-order valence-corrected chi connectivity index (χ2v) is 3.05. The fourth-order valence-corrected chi connectivity index (χ4v) is 0.923. The minimum atomic E-state index is 0.619. The summed E-state index contributed by atoms with van der Waals surface area (Å²) in [6.07, 6.45) is 14.6. The minimum absolute atomic E-state index is 0.619. The molecule has 2 nitrogen and oxygen atoms in total. The maximum atomic E-state index is 5.13. The van der Waals surface area contributed by atoms with Crippen molar-refractivity contribution in [2.24, 2.45) is 0 Å². The second kappa shape index (κ2) is 10.6. The number of ether oxygens (including phenoxy) is 2. The molecule has 0 aromatic heterocycles. The van der Waals surface area contributed by atoms with Gasteiger partial charge in [-0.2, -0.15) is 0 Å². The van der Waals surface area contributed by atoms with Crippen LogP contribution in [-0.4, -0.2) is 13.7 Å². The van der Waals surface area contributed by atoms with Crippen LogP contribution in [0, 0.1) is 0 Å². The van der Waals surface area contributed by atoms with Crippen LogP contribution in [0.2, 0.25) is 0 Å². The first-order valence-corrected chi connectivity index (χ1v) is 5.43. The Morgan fingerprint density at radius 2 is 1.88 bits per heavy atom. The van der Waals surface area contributed by atoms with E-state index in [-0.39, 0.29) is 0 Å². The smallest absolute Gasteiger partial charge is 0.111 e. The Bertz CT molecular complexity index is 344. The van der Waals surface area contributed by atoms with Crippen LogP contribution in [0.5, 0.6) is 0 Å². The Labute approximate surface area is 104 Å². The van der Waals surface area contributed by atoms with Gasteiger partial charge < -0.3 is 9.47 Å². The minimum Gasteiger partial charge on any atom is -0.501 e. The molecule has 0 amide bonds. The van der Waals surface area contributed by atoms with Crippen LogP contribution in [0.3, 0.4) is 0 Å². The number of hydrogen-bond acceptors (Lipinski definition) is 2. The predicted octanol–water partition coefficient (Wildman–Crippen LogP) is 3.92. The average Bonchev–Trinajstić information content (AvgIpc) is 2.34. The lowest BCUT2D eigenvalue weighted by Gasteiger charge is -1.95. The molecule has 0 heterocycles. The molecule has 0 aromatic carbocycles. The van der Waals surface area contributed by atoms with Gasteiger partial charge in [0, 0.05) is 0 Å². The normalized spacial score (nSPS) is 12.5. The molecule has 0 aliphatic carbocycles. The van der Waals surface area contributed by atoms with Gasteiger partial charge in [-0.3, -0.25) is 0 Å². The van der Waals surface area contributed by atoms with Crippen LogP contribution in [0.15, 0.2) is 73.3 Å². The molecule has 0 bridgehead atoms. The number of allylic oxidation sites excluding steroid dienone is 8. The van der Waals surface area contributed by atoms with Crippen molar-refractivity contribution in [2.45, 2.75) is 6.92 Å².